The Bertz CT molecular complexity index is 793. The Kier molecular flexibility index (Phi) is 6.13. The minimum absolute atomic E-state index is 0.306. The predicted molar refractivity (Wildman–Crippen MR) is 94.5 cm³/mol. The normalized spacial score (nSPS) is 11.4. The van der Waals surface area contributed by atoms with Gasteiger partial charge < -0.3 is 15.8 Å². The number of anilines is 1. The van der Waals surface area contributed by atoms with Gasteiger partial charge in [0.1, 0.15) is 5.03 Å². The first-order chi connectivity index (χ1) is 11.9. The van der Waals surface area contributed by atoms with Crippen LogP contribution in [-0.2, 0) is 9.53 Å². The average Bonchev–Trinajstić information content (AvgIpc) is 2.61. The highest BCUT2D eigenvalue weighted by atomic mass is 32.2. The first-order valence-electron chi connectivity index (χ1n) is 7.33. The topological polar surface area (TPSA) is 111 Å². The molecular weight excluding hydrogens is 342 g/mol. The van der Waals surface area contributed by atoms with Crippen molar-refractivity contribution in [3.05, 3.63) is 53.7 Å². The highest BCUT2D eigenvalue weighted by molar-refractivity contribution is 7.98. The molecule has 1 aromatic carbocycles. The van der Waals surface area contributed by atoms with Gasteiger partial charge in [0, 0.05) is 17.4 Å². The Hall–Kier alpha value is -2.87. The Labute approximate surface area is 149 Å². The molecule has 1 aromatic heterocycles. The molecule has 0 saturated carbocycles. The number of pyridine rings is 1. The second kappa shape index (κ2) is 8.29. The lowest BCUT2D eigenvalue weighted by Crippen LogP contribution is -2.30. The zero-order chi connectivity index (χ0) is 18.4. The van der Waals surface area contributed by atoms with Crippen molar-refractivity contribution in [2.75, 3.05) is 11.6 Å². The summed E-state index contributed by atoms with van der Waals surface area (Å²) in [7, 11) is 0. The fourth-order valence-corrected chi connectivity index (χ4v) is 2.49. The van der Waals surface area contributed by atoms with Crippen LogP contribution in [0.4, 0.5) is 5.69 Å². The van der Waals surface area contributed by atoms with Gasteiger partial charge >= 0.3 is 5.97 Å². The molecule has 8 heteroatoms. The van der Waals surface area contributed by atoms with Crippen molar-refractivity contribution < 1.29 is 19.1 Å². The number of carbonyl (C=O) groups is 3. The van der Waals surface area contributed by atoms with Crippen molar-refractivity contribution in [3.63, 3.8) is 0 Å². The molecule has 7 nitrogen and oxygen atoms in total. The van der Waals surface area contributed by atoms with Gasteiger partial charge in [-0.15, -0.1) is 11.8 Å². The van der Waals surface area contributed by atoms with Crippen LogP contribution in [-0.4, -0.2) is 35.1 Å². The van der Waals surface area contributed by atoms with Crippen LogP contribution in [0.2, 0.25) is 0 Å². The lowest BCUT2D eigenvalue weighted by molar-refractivity contribution is -0.123. The number of nitrogens with two attached hydrogens (primary N) is 1. The van der Waals surface area contributed by atoms with E-state index in [9.17, 15) is 14.4 Å². The van der Waals surface area contributed by atoms with Gasteiger partial charge in [0.05, 0.1) is 5.56 Å². The van der Waals surface area contributed by atoms with Crippen molar-refractivity contribution >= 4 is 35.2 Å². The monoisotopic (exact) mass is 359 g/mol. The molecule has 3 N–H and O–H groups in total. The van der Waals surface area contributed by atoms with E-state index in [1.807, 2.05) is 0 Å². The molecule has 0 bridgehead atoms. The number of nitrogens with zero attached hydrogens (tertiary/aromatic N) is 1. The summed E-state index contributed by atoms with van der Waals surface area (Å²) in [5, 5.41) is 3.13. The summed E-state index contributed by atoms with van der Waals surface area (Å²) in [5.41, 5.74) is 6.26. The molecule has 0 radical (unpaired) electrons. The Balaban J connectivity index is 2.00. The zero-order valence-electron chi connectivity index (χ0n) is 13.7. The molecule has 25 heavy (non-hydrogen) atoms. The largest absolute Gasteiger partial charge is 0.449 e. The molecule has 2 amide bonds. The van der Waals surface area contributed by atoms with E-state index in [0.29, 0.717) is 21.8 Å². The maximum Gasteiger partial charge on any atom is 0.341 e. The highest BCUT2D eigenvalue weighted by Gasteiger charge is 2.21. The maximum absolute atomic E-state index is 12.2. The van der Waals surface area contributed by atoms with Gasteiger partial charge in [-0.25, -0.2) is 9.78 Å². The van der Waals surface area contributed by atoms with E-state index >= 15 is 0 Å². The van der Waals surface area contributed by atoms with Crippen molar-refractivity contribution in [3.8, 4) is 0 Å². The van der Waals surface area contributed by atoms with Crippen LogP contribution in [0.3, 0.4) is 0 Å². The summed E-state index contributed by atoms with van der Waals surface area (Å²) < 4.78 is 5.20. The van der Waals surface area contributed by atoms with Crippen molar-refractivity contribution in [2.45, 2.75) is 18.1 Å². The smallest absolute Gasteiger partial charge is 0.341 e. The lowest BCUT2D eigenvalue weighted by atomic mass is 10.2. The van der Waals surface area contributed by atoms with Crippen LogP contribution < -0.4 is 11.1 Å². The third kappa shape index (κ3) is 4.80. The molecule has 1 atom stereocenters. The fourth-order valence-electron chi connectivity index (χ4n) is 1.95. The van der Waals surface area contributed by atoms with Crippen LogP contribution in [0.1, 0.15) is 27.6 Å². The molecule has 0 fully saturated rings. The molecule has 2 rings (SSSR count). The number of esters is 1. The fraction of sp³-hybridized carbons (Fsp3) is 0.176. The van der Waals surface area contributed by atoms with Gasteiger partial charge in [-0.05, 0) is 49.6 Å². The quantitative estimate of drug-likeness (QED) is 0.603. The van der Waals surface area contributed by atoms with E-state index in [4.69, 9.17) is 10.5 Å². The van der Waals surface area contributed by atoms with Crippen molar-refractivity contribution in [1.29, 1.82) is 0 Å². The first-order valence-corrected chi connectivity index (χ1v) is 8.55. The van der Waals surface area contributed by atoms with Gasteiger partial charge in [-0.3, -0.25) is 9.59 Å². The third-order valence-corrected chi connectivity index (χ3v) is 3.99. The number of hydrogen-bond donors (Lipinski definition) is 2. The number of hydrogen-bond acceptors (Lipinski definition) is 6. The van der Waals surface area contributed by atoms with E-state index in [0.717, 1.165) is 0 Å². The van der Waals surface area contributed by atoms with Gasteiger partial charge in [-0.2, -0.15) is 0 Å². The number of primary amides is 1. The summed E-state index contributed by atoms with van der Waals surface area (Å²) in [5.74, 6) is -1.67. The molecule has 0 aliphatic carbocycles. The second-order valence-electron chi connectivity index (χ2n) is 5.04. The van der Waals surface area contributed by atoms with E-state index in [1.165, 1.54) is 30.8 Å². The molecule has 0 aliphatic rings. The molecule has 0 aliphatic heterocycles. The number of amides is 2. The molecule has 2 aromatic rings. The molecular formula is C17H17N3O4S. The minimum Gasteiger partial charge on any atom is -0.449 e. The summed E-state index contributed by atoms with van der Waals surface area (Å²) in [6.45, 7) is 1.47. The molecule has 0 spiro atoms. The van der Waals surface area contributed by atoms with Crippen molar-refractivity contribution in [2.24, 2.45) is 5.73 Å². The second-order valence-corrected chi connectivity index (χ2v) is 5.83. The molecule has 130 valence electrons. The number of thioether (sulfide) groups is 1. The standard InChI is InChI=1S/C17H17N3O4S/c1-10(24-17(23)13-4-3-9-19-16(13)25-2)15(22)20-12-7-5-11(6-8-12)14(18)21/h3-10H,1-2H3,(H2,18,21)(H,20,22)/t10-/m0/s1. The molecule has 0 unspecified atom stereocenters. The van der Waals surface area contributed by atoms with Gasteiger partial charge in [0.15, 0.2) is 6.10 Å². The summed E-state index contributed by atoms with van der Waals surface area (Å²) >= 11 is 1.32. The molecule has 1 heterocycles. The molecule has 0 saturated heterocycles. The first kappa shape index (κ1) is 18.5. The number of ether oxygens (including phenoxy) is 1. The summed E-state index contributed by atoms with van der Waals surface area (Å²) in [4.78, 5) is 39.5. The Morgan fingerprint density at radius 1 is 1.20 bits per heavy atom. The van der Waals surface area contributed by atoms with Crippen molar-refractivity contribution in [1.82, 2.24) is 4.98 Å². The average molecular weight is 359 g/mol. The lowest BCUT2D eigenvalue weighted by Gasteiger charge is -2.14. The van der Waals surface area contributed by atoms with E-state index < -0.39 is 23.9 Å². The van der Waals surface area contributed by atoms with Gasteiger partial charge in [-0.1, -0.05) is 0 Å². The predicted octanol–water partition coefficient (Wildman–Crippen LogP) is 2.09. The summed E-state index contributed by atoms with van der Waals surface area (Å²) in [6.07, 6.45) is 2.37. The van der Waals surface area contributed by atoms with Crippen LogP contribution in [0.25, 0.3) is 0 Å². The van der Waals surface area contributed by atoms with Gasteiger partial charge in [0.2, 0.25) is 5.91 Å². The number of rotatable bonds is 6. The number of nitrogens with one attached hydrogen (secondary N) is 1. The Morgan fingerprint density at radius 2 is 1.88 bits per heavy atom. The van der Waals surface area contributed by atoms with E-state index in [2.05, 4.69) is 10.3 Å². The SMILES string of the molecule is CSc1ncccc1C(=O)O[C@@H](C)C(=O)Nc1ccc(C(N)=O)cc1. The van der Waals surface area contributed by atoms with Crippen LogP contribution in [0.15, 0.2) is 47.6 Å². The number of benzene rings is 1. The van der Waals surface area contributed by atoms with Crippen LogP contribution in [0, 0.1) is 0 Å². The maximum atomic E-state index is 12.2. The van der Waals surface area contributed by atoms with Crippen LogP contribution in [0.5, 0.6) is 0 Å². The zero-order valence-corrected chi connectivity index (χ0v) is 14.5. The number of aromatic nitrogens is 1. The van der Waals surface area contributed by atoms with Crippen LogP contribution >= 0.6 is 11.8 Å². The highest BCUT2D eigenvalue weighted by Crippen LogP contribution is 2.18. The summed E-state index contributed by atoms with van der Waals surface area (Å²) in [6, 6.07) is 9.29. The van der Waals surface area contributed by atoms with Gasteiger partial charge in [0.25, 0.3) is 5.91 Å². The Morgan fingerprint density at radius 3 is 2.48 bits per heavy atom. The van der Waals surface area contributed by atoms with E-state index in [1.54, 1.807) is 36.7 Å². The number of carbonyl (C=O) groups excluding carboxylic acids is 3. The minimum atomic E-state index is -1.00. The third-order valence-electron chi connectivity index (χ3n) is 3.27. The van der Waals surface area contributed by atoms with E-state index in [-0.39, 0.29) is 0 Å².